The molecule has 0 spiro atoms. The van der Waals surface area contributed by atoms with Crippen LogP contribution >= 0.6 is 0 Å². The lowest BCUT2D eigenvalue weighted by Crippen LogP contribution is -2.29. The first kappa shape index (κ1) is 11.6. The van der Waals surface area contributed by atoms with Gasteiger partial charge in [-0.3, -0.25) is 0 Å². The molecule has 0 saturated carbocycles. The highest BCUT2D eigenvalue weighted by Crippen LogP contribution is 2.23. The average molecular weight is 241 g/mol. The summed E-state index contributed by atoms with van der Waals surface area (Å²) in [6.45, 7) is 2.43. The Morgan fingerprint density at radius 2 is 1.88 bits per heavy atom. The minimum Gasteiger partial charge on any atom is -0.391 e. The second kappa shape index (κ2) is 4.16. The number of hydrogen-bond donors (Lipinski definition) is 1. The lowest BCUT2D eigenvalue weighted by Gasteiger charge is -2.15. The molecule has 1 saturated heterocycles. The monoisotopic (exact) mass is 241 g/mol. The van der Waals surface area contributed by atoms with Gasteiger partial charge in [-0.05, 0) is 18.1 Å². The van der Waals surface area contributed by atoms with E-state index in [4.69, 9.17) is 0 Å². The summed E-state index contributed by atoms with van der Waals surface area (Å²) < 4.78 is 25.6. The van der Waals surface area contributed by atoms with Crippen molar-refractivity contribution in [3.05, 3.63) is 30.3 Å². The van der Waals surface area contributed by atoms with Gasteiger partial charge in [0.15, 0.2) is 0 Å². The van der Waals surface area contributed by atoms with Crippen LogP contribution in [0.3, 0.4) is 0 Å². The normalized spacial score (nSPS) is 27.1. The fraction of sp³-hybridized carbons (Fsp3) is 0.455. The van der Waals surface area contributed by atoms with Crippen molar-refractivity contribution in [1.82, 2.24) is 4.31 Å². The SMILES string of the molecule is CC1CN(S(=O)(=O)c2ccccc2)CC1O. The zero-order valence-corrected chi connectivity index (χ0v) is 9.89. The van der Waals surface area contributed by atoms with Crippen molar-refractivity contribution in [1.29, 1.82) is 0 Å². The molecule has 0 aromatic heterocycles. The van der Waals surface area contributed by atoms with Crippen LogP contribution in [0.1, 0.15) is 6.92 Å². The van der Waals surface area contributed by atoms with E-state index in [9.17, 15) is 13.5 Å². The molecule has 1 aliphatic rings. The second-order valence-corrected chi connectivity index (χ2v) is 6.12. The Morgan fingerprint density at radius 3 is 2.38 bits per heavy atom. The highest BCUT2D eigenvalue weighted by Gasteiger charge is 2.35. The maximum Gasteiger partial charge on any atom is 0.243 e. The van der Waals surface area contributed by atoms with Gasteiger partial charge in [-0.25, -0.2) is 8.42 Å². The first-order valence-corrected chi connectivity index (χ1v) is 6.69. The van der Waals surface area contributed by atoms with Gasteiger partial charge in [0.1, 0.15) is 0 Å². The highest BCUT2D eigenvalue weighted by atomic mass is 32.2. The number of sulfonamides is 1. The molecule has 1 heterocycles. The summed E-state index contributed by atoms with van der Waals surface area (Å²) in [5.74, 6) is -0.00140. The first-order valence-electron chi connectivity index (χ1n) is 5.25. The summed E-state index contributed by atoms with van der Waals surface area (Å²) in [6.07, 6.45) is -0.557. The Morgan fingerprint density at radius 1 is 1.25 bits per heavy atom. The van der Waals surface area contributed by atoms with Gasteiger partial charge in [0.05, 0.1) is 11.0 Å². The van der Waals surface area contributed by atoms with Crippen LogP contribution in [0.2, 0.25) is 0 Å². The van der Waals surface area contributed by atoms with Crippen molar-refractivity contribution >= 4 is 10.0 Å². The van der Waals surface area contributed by atoms with Crippen LogP contribution in [0, 0.1) is 5.92 Å². The van der Waals surface area contributed by atoms with E-state index in [1.165, 1.54) is 4.31 Å². The lowest BCUT2D eigenvalue weighted by atomic mass is 10.1. The molecule has 1 N–H and O–H groups in total. The van der Waals surface area contributed by atoms with Crippen molar-refractivity contribution in [3.63, 3.8) is 0 Å². The quantitative estimate of drug-likeness (QED) is 0.828. The third-order valence-electron chi connectivity index (χ3n) is 2.92. The molecule has 5 heteroatoms. The van der Waals surface area contributed by atoms with Gasteiger partial charge in [0.25, 0.3) is 0 Å². The number of aliphatic hydroxyl groups excluding tert-OH is 1. The molecule has 1 fully saturated rings. The minimum absolute atomic E-state index is 0.00140. The molecule has 88 valence electrons. The molecule has 4 nitrogen and oxygen atoms in total. The molecular formula is C11H15NO3S. The predicted molar refractivity (Wildman–Crippen MR) is 60.4 cm³/mol. The molecule has 2 unspecified atom stereocenters. The Hall–Kier alpha value is -0.910. The highest BCUT2D eigenvalue weighted by molar-refractivity contribution is 7.89. The van der Waals surface area contributed by atoms with Crippen molar-refractivity contribution in [2.45, 2.75) is 17.9 Å². The number of hydrogen-bond acceptors (Lipinski definition) is 3. The van der Waals surface area contributed by atoms with Gasteiger partial charge < -0.3 is 5.11 Å². The van der Waals surface area contributed by atoms with E-state index in [1.807, 2.05) is 6.92 Å². The van der Waals surface area contributed by atoms with Crippen LogP contribution in [0.4, 0.5) is 0 Å². The summed E-state index contributed by atoms with van der Waals surface area (Å²) in [5, 5.41) is 9.57. The van der Waals surface area contributed by atoms with Gasteiger partial charge in [-0.15, -0.1) is 0 Å². The molecule has 0 amide bonds. The van der Waals surface area contributed by atoms with Crippen molar-refractivity contribution < 1.29 is 13.5 Å². The molecule has 16 heavy (non-hydrogen) atoms. The van der Waals surface area contributed by atoms with Gasteiger partial charge >= 0.3 is 0 Å². The van der Waals surface area contributed by atoms with Crippen LogP contribution in [0.25, 0.3) is 0 Å². The zero-order valence-electron chi connectivity index (χ0n) is 9.07. The van der Waals surface area contributed by atoms with E-state index in [1.54, 1.807) is 30.3 Å². The van der Waals surface area contributed by atoms with Gasteiger partial charge in [-0.2, -0.15) is 4.31 Å². The van der Waals surface area contributed by atoms with Crippen LogP contribution in [-0.2, 0) is 10.0 Å². The molecule has 1 aliphatic heterocycles. The van der Waals surface area contributed by atoms with Gasteiger partial charge in [0.2, 0.25) is 10.0 Å². The number of aliphatic hydroxyl groups is 1. The zero-order chi connectivity index (χ0) is 11.8. The summed E-state index contributed by atoms with van der Waals surface area (Å²) in [5.41, 5.74) is 0. The molecule has 0 radical (unpaired) electrons. The van der Waals surface area contributed by atoms with Crippen LogP contribution in [0.15, 0.2) is 35.2 Å². The number of nitrogens with zero attached hydrogens (tertiary/aromatic N) is 1. The van der Waals surface area contributed by atoms with Crippen LogP contribution < -0.4 is 0 Å². The standard InChI is InChI=1S/C11H15NO3S/c1-9-7-12(8-11(9)13)16(14,15)10-5-3-2-4-6-10/h2-6,9,11,13H,7-8H2,1H3. The fourth-order valence-electron chi connectivity index (χ4n) is 1.84. The Bertz CT molecular complexity index is 447. The summed E-state index contributed by atoms with van der Waals surface area (Å²) >= 11 is 0. The van der Waals surface area contributed by atoms with Crippen LogP contribution in [0.5, 0.6) is 0 Å². The van der Waals surface area contributed by atoms with Crippen LogP contribution in [-0.4, -0.2) is 37.0 Å². The third kappa shape index (κ3) is 1.98. The Kier molecular flexibility index (Phi) is 3.01. The minimum atomic E-state index is -3.43. The topological polar surface area (TPSA) is 57.6 Å². The molecule has 2 atom stereocenters. The molecular weight excluding hydrogens is 226 g/mol. The van der Waals surface area contributed by atoms with E-state index in [2.05, 4.69) is 0 Å². The summed E-state index contributed by atoms with van der Waals surface area (Å²) in [4.78, 5) is 0.288. The molecule has 0 aliphatic carbocycles. The maximum absolute atomic E-state index is 12.1. The Labute approximate surface area is 95.6 Å². The number of rotatable bonds is 2. The number of β-amino-alcohol motifs (C(OH)–C–C–N with tert-alkyl or cyclic N) is 1. The van der Waals surface area contributed by atoms with E-state index >= 15 is 0 Å². The third-order valence-corrected chi connectivity index (χ3v) is 4.77. The van der Waals surface area contributed by atoms with E-state index < -0.39 is 16.1 Å². The maximum atomic E-state index is 12.1. The Balaban J connectivity index is 2.28. The van der Waals surface area contributed by atoms with Crippen molar-refractivity contribution in [2.75, 3.05) is 13.1 Å². The first-order chi connectivity index (χ1) is 7.51. The van der Waals surface area contributed by atoms with Crippen molar-refractivity contribution in [2.24, 2.45) is 5.92 Å². The van der Waals surface area contributed by atoms with E-state index in [0.29, 0.717) is 6.54 Å². The summed E-state index contributed by atoms with van der Waals surface area (Å²) in [7, 11) is -3.43. The molecule has 1 aromatic carbocycles. The van der Waals surface area contributed by atoms with E-state index in [0.717, 1.165) is 0 Å². The van der Waals surface area contributed by atoms with Crippen molar-refractivity contribution in [3.8, 4) is 0 Å². The molecule has 2 rings (SSSR count). The average Bonchev–Trinajstić information content (AvgIpc) is 2.61. The fourth-order valence-corrected chi connectivity index (χ4v) is 3.42. The largest absolute Gasteiger partial charge is 0.391 e. The number of benzene rings is 1. The molecule has 0 bridgehead atoms. The van der Waals surface area contributed by atoms with E-state index in [-0.39, 0.29) is 17.4 Å². The second-order valence-electron chi connectivity index (χ2n) is 4.18. The lowest BCUT2D eigenvalue weighted by molar-refractivity contribution is 0.153. The summed E-state index contributed by atoms with van der Waals surface area (Å²) in [6, 6.07) is 8.32. The van der Waals surface area contributed by atoms with Gasteiger partial charge in [0, 0.05) is 13.1 Å². The predicted octanol–water partition coefficient (Wildman–Crippen LogP) is 0.688. The smallest absolute Gasteiger partial charge is 0.243 e. The van der Waals surface area contributed by atoms with Gasteiger partial charge in [-0.1, -0.05) is 25.1 Å². The molecule has 1 aromatic rings.